The van der Waals surface area contributed by atoms with Gasteiger partial charge in [0, 0.05) is 11.8 Å². The molecule has 0 fully saturated rings. The SMILES string of the molecule is COc1cc(NC(=O)COc2cccc(C(C)C)c2)ccc1C(=O)O. The van der Waals surface area contributed by atoms with Crippen molar-refractivity contribution in [1.82, 2.24) is 0 Å². The molecular weight excluding hydrogens is 322 g/mol. The Morgan fingerprint density at radius 2 is 1.92 bits per heavy atom. The lowest BCUT2D eigenvalue weighted by atomic mass is 10.0. The highest BCUT2D eigenvalue weighted by Crippen LogP contribution is 2.23. The predicted molar refractivity (Wildman–Crippen MR) is 94.6 cm³/mol. The third kappa shape index (κ3) is 4.97. The second-order valence-corrected chi connectivity index (χ2v) is 5.78. The number of carboxylic acid groups (broad SMARTS) is 1. The first-order valence-corrected chi connectivity index (χ1v) is 7.84. The summed E-state index contributed by atoms with van der Waals surface area (Å²) in [5.74, 6) is -0.267. The standard InChI is InChI=1S/C19H21NO5/c1-12(2)13-5-4-6-15(9-13)25-11-18(21)20-14-7-8-16(19(22)23)17(10-14)24-3/h4-10,12H,11H2,1-3H3,(H,20,21)(H,22,23). The van der Waals surface area contributed by atoms with E-state index in [-0.39, 0.29) is 23.8 Å². The second-order valence-electron chi connectivity index (χ2n) is 5.78. The van der Waals surface area contributed by atoms with Gasteiger partial charge in [-0.25, -0.2) is 4.79 Å². The van der Waals surface area contributed by atoms with Crippen LogP contribution in [0, 0.1) is 0 Å². The molecule has 25 heavy (non-hydrogen) atoms. The number of hydrogen-bond acceptors (Lipinski definition) is 4. The molecule has 1 amide bonds. The largest absolute Gasteiger partial charge is 0.496 e. The Morgan fingerprint density at radius 3 is 2.56 bits per heavy atom. The van der Waals surface area contributed by atoms with Crippen LogP contribution in [0.2, 0.25) is 0 Å². The third-order valence-corrected chi connectivity index (χ3v) is 3.61. The quantitative estimate of drug-likeness (QED) is 0.803. The van der Waals surface area contributed by atoms with Crippen LogP contribution in [0.5, 0.6) is 11.5 Å². The summed E-state index contributed by atoms with van der Waals surface area (Å²) < 4.78 is 10.5. The molecule has 0 unspecified atom stereocenters. The van der Waals surface area contributed by atoms with E-state index in [9.17, 15) is 9.59 Å². The average molecular weight is 343 g/mol. The van der Waals surface area contributed by atoms with Gasteiger partial charge < -0.3 is 19.9 Å². The van der Waals surface area contributed by atoms with Crippen LogP contribution in [0.15, 0.2) is 42.5 Å². The first-order valence-electron chi connectivity index (χ1n) is 7.84. The van der Waals surface area contributed by atoms with Gasteiger partial charge in [-0.2, -0.15) is 0 Å². The fourth-order valence-electron chi connectivity index (χ4n) is 2.26. The molecule has 0 aliphatic carbocycles. The number of anilines is 1. The van der Waals surface area contributed by atoms with Crippen LogP contribution in [0.25, 0.3) is 0 Å². The Morgan fingerprint density at radius 1 is 1.16 bits per heavy atom. The zero-order valence-corrected chi connectivity index (χ0v) is 14.4. The molecule has 0 saturated carbocycles. The van der Waals surface area contributed by atoms with Crippen LogP contribution in [0.3, 0.4) is 0 Å². The van der Waals surface area contributed by atoms with Crippen molar-refractivity contribution in [3.05, 3.63) is 53.6 Å². The second kappa shape index (κ2) is 8.19. The molecule has 0 heterocycles. The van der Waals surface area contributed by atoms with E-state index in [4.69, 9.17) is 14.6 Å². The zero-order valence-electron chi connectivity index (χ0n) is 14.4. The summed E-state index contributed by atoms with van der Waals surface area (Å²) in [5.41, 5.74) is 1.60. The van der Waals surface area contributed by atoms with Gasteiger partial charge in [-0.1, -0.05) is 26.0 Å². The number of aromatic carboxylic acids is 1. The monoisotopic (exact) mass is 343 g/mol. The van der Waals surface area contributed by atoms with Gasteiger partial charge >= 0.3 is 5.97 Å². The van der Waals surface area contributed by atoms with E-state index >= 15 is 0 Å². The minimum atomic E-state index is -1.09. The van der Waals surface area contributed by atoms with Crippen molar-refractivity contribution < 1.29 is 24.2 Å². The molecule has 2 rings (SSSR count). The zero-order chi connectivity index (χ0) is 18.4. The normalized spacial score (nSPS) is 10.4. The Bertz CT molecular complexity index is 770. The summed E-state index contributed by atoms with van der Waals surface area (Å²) >= 11 is 0. The number of ether oxygens (including phenoxy) is 2. The van der Waals surface area contributed by atoms with Gasteiger partial charge in [0.25, 0.3) is 5.91 Å². The van der Waals surface area contributed by atoms with Gasteiger partial charge in [0.2, 0.25) is 0 Å². The minimum Gasteiger partial charge on any atom is -0.496 e. The fourth-order valence-corrected chi connectivity index (χ4v) is 2.26. The smallest absolute Gasteiger partial charge is 0.339 e. The van der Waals surface area contributed by atoms with Crippen molar-refractivity contribution in [2.24, 2.45) is 0 Å². The van der Waals surface area contributed by atoms with Crippen LogP contribution >= 0.6 is 0 Å². The topological polar surface area (TPSA) is 84.9 Å². The van der Waals surface area contributed by atoms with E-state index in [1.165, 1.54) is 25.3 Å². The number of carbonyl (C=O) groups excluding carboxylic acids is 1. The molecule has 0 aliphatic heterocycles. The summed E-state index contributed by atoms with van der Waals surface area (Å²) in [4.78, 5) is 23.1. The van der Waals surface area contributed by atoms with Gasteiger partial charge in [-0.15, -0.1) is 0 Å². The molecular formula is C19H21NO5. The molecule has 0 atom stereocenters. The summed E-state index contributed by atoms with van der Waals surface area (Å²) in [5, 5.41) is 11.7. The van der Waals surface area contributed by atoms with Crippen LogP contribution in [-0.4, -0.2) is 30.7 Å². The Kier molecular flexibility index (Phi) is 6.00. The van der Waals surface area contributed by atoms with Gasteiger partial charge in [-0.3, -0.25) is 4.79 Å². The van der Waals surface area contributed by atoms with Crippen molar-refractivity contribution in [3.8, 4) is 11.5 Å². The van der Waals surface area contributed by atoms with Crippen molar-refractivity contribution in [1.29, 1.82) is 0 Å². The maximum atomic E-state index is 12.0. The van der Waals surface area contributed by atoms with Crippen LogP contribution in [0.1, 0.15) is 35.7 Å². The van der Waals surface area contributed by atoms with Gasteiger partial charge in [0.1, 0.15) is 17.1 Å². The highest BCUT2D eigenvalue weighted by atomic mass is 16.5. The fraction of sp³-hybridized carbons (Fsp3) is 0.263. The molecule has 6 nitrogen and oxygen atoms in total. The first kappa shape index (κ1) is 18.3. The summed E-state index contributed by atoms with van der Waals surface area (Å²) in [6.45, 7) is 4.02. The molecule has 2 N–H and O–H groups in total. The van der Waals surface area contributed by atoms with Crippen molar-refractivity contribution in [2.45, 2.75) is 19.8 Å². The molecule has 2 aromatic carbocycles. The number of hydrogen-bond donors (Lipinski definition) is 2. The Labute approximate surface area is 146 Å². The molecule has 6 heteroatoms. The van der Waals surface area contributed by atoms with E-state index in [0.717, 1.165) is 5.56 Å². The van der Waals surface area contributed by atoms with Crippen LogP contribution in [-0.2, 0) is 4.79 Å². The number of benzene rings is 2. The minimum absolute atomic E-state index is 0.0299. The van der Waals surface area contributed by atoms with Gasteiger partial charge in [0.15, 0.2) is 6.61 Å². The number of amides is 1. The number of carboxylic acids is 1. The molecule has 0 radical (unpaired) electrons. The van der Waals surface area contributed by atoms with Crippen molar-refractivity contribution in [2.75, 3.05) is 19.0 Å². The first-order chi connectivity index (χ1) is 11.9. The molecule has 0 aromatic heterocycles. The summed E-state index contributed by atoms with van der Waals surface area (Å²) in [6, 6.07) is 11.9. The molecule has 0 aliphatic rings. The number of methoxy groups -OCH3 is 1. The highest BCUT2D eigenvalue weighted by molar-refractivity contribution is 5.95. The molecule has 0 bridgehead atoms. The lowest BCUT2D eigenvalue weighted by Gasteiger charge is -2.11. The van der Waals surface area contributed by atoms with E-state index in [1.54, 1.807) is 6.07 Å². The highest BCUT2D eigenvalue weighted by Gasteiger charge is 2.12. The number of carbonyl (C=O) groups is 2. The third-order valence-electron chi connectivity index (χ3n) is 3.61. The molecule has 132 valence electrons. The molecule has 0 spiro atoms. The van der Waals surface area contributed by atoms with Gasteiger partial charge in [-0.05, 0) is 35.7 Å². The maximum Gasteiger partial charge on any atom is 0.339 e. The summed E-state index contributed by atoms with van der Waals surface area (Å²) in [6.07, 6.45) is 0. The van der Waals surface area contributed by atoms with Crippen molar-refractivity contribution in [3.63, 3.8) is 0 Å². The number of nitrogens with one attached hydrogen (secondary N) is 1. The number of rotatable bonds is 7. The van der Waals surface area contributed by atoms with Gasteiger partial charge in [0.05, 0.1) is 7.11 Å². The van der Waals surface area contributed by atoms with E-state index in [2.05, 4.69) is 19.2 Å². The van der Waals surface area contributed by atoms with Crippen LogP contribution in [0.4, 0.5) is 5.69 Å². The molecule has 2 aromatic rings. The van der Waals surface area contributed by atoms with Crippen LogP contribution < -0.4 is 14.8 Å². The van der Waals surface area contributed by atoms with Crippen molar-refractivity contribution >= 4 is 17.6 Å². The molecule has 0 saturated heterocycles. The summed E-state index contributed by atoms with van der Waals surface area (Å²) in [7, 11) is 1.37. The lowest BCUT2D eigenvalue weighted by Crippen LogP contribution is -2.20. The van der Waals surface area contributed by atoms with E-state index in [1.807, 2.05) is 18.2 Å². The van der Waals surface area contributed by atoms with E-state index in [0.29, 0.717) is 17.4 Å². The Hall–Kier alpha value is -3.02. The predicted octanol–water partition coefficient (Wildman–Crippen LogP) is 3.53. The lowest BCUT2D eigenvalue weighted by molar-refractivity contribution is -0.118. The van der Waals surface area contributed by atoms with E-state index < -0.39 is 5.97 Å². The average Bonchev–Trinajstić information content (AvgIpc) is 2.59. The Balaban J connectivity index is 1.98. The maximum absolute atomic E-state index is 12.0.